The first-order chi connectivity index (χ1) is 10.5. The third-order valence-electron chi connectivity index (χ3n) is 4.16. The van der Waals surface area contributed by atoms with E-state index in [0.29, 0.717) is 25.9 Å². The smallest absolute Gasteiger partial charge is 0.227 e. The maximum atomic E-state index is 12.5. The molecular formula is C17H23BrN2O2. The molecular weight excluding hydrogens is 344 g/mol. The van der Waals surface area contributed by atoms with Gasteiger partial charge in [0.15, 0.2) is 0 Å². The molecule has 0 bridgehead atoms. The van der Waals surface area contributed by atoms with Crippen LogP contribution in [0.25, 0.3) is 0 Å². The highest BCUT2D eigenvalue weighted by molar-refractivity contribution is 9.10. The van der Waals surface area contributed by atoms with E-state index in [2.05, 4.69) is 15.9 Å². The number of benzene rings is 1. The summed E-state index contributed by atoms with van der Waals surface area (Å²) in [5.74, 6) is 0.323. The van der Waals surface area contributed by atoms with Crippen LogP contribution in [0.1, 0.15) is 30.9 Å². The van der Waals surface area contributed by atoms with Crippen LogP contribution in [0.4, 0.5) is 0 Å². The maximum Gasteiger partial charge on any atom is 0.227 e. The number of hydrogen-bond donors (Lipinski definition) is 0. The van der Waals surface area contributed by atoms with E-state index < -0.39 is 0 Å². The Balaban J connectivity index is 1.98. The van der Waals surface area contributed by atoms with Crippen LogP contribution in [0.15, 0.2) is 22.7 Å². The number of carbonyl (C=O) groups is 2. The lowest BCUT2D eigenvalue weighted by atomic mass is 10.1. The monoisotopic (exact) mass is 366 g/mol. The molecule has 1 aromatic rings. The van der Waals surface area contributed by atoms with Crippen molar-refractivity contribution in [2.45, 2.75) is 33.1 Å². The average Bonchev–Trinajstić information content (AvgIpc) is 2.76. The normalized spacial score (nSPS) is 15.6. The van der Waals surface area contributed by atoms with E-state index in [1.54, 1.807) is 0 Å². The Hall–Kier alpha value is -1.36. The van der Waals surface area contributed by atoms with Gasteiger partial charge >= 0.3 is 0 Å². The Morgan fingerprint density at radius 3 is 2.36 bits per heavy atom. The summed E-state index contributed by atoms with van der Waals surface area (Å²) in [6.45, 7) is 6.69. The van der Waals surface area contributed by atoms with Gasteiger partial charge in [0.2, 0.25) is 11.8 Å². The molecule has 0 aliphatic carbocycles. The summed E-state index contributed by atoms with van der Waals surface area (Å²) in [6.07, 6.45) is 1.81. The highest BCUT2D eigenvalue weighted by Crippen LogP contribution is 2.17. The van der Waals surface area contributed by atoms with Gasteiger partial charge < -0.3 is 9.80 Å². The molecule has 5 heteroatoms. The summed E-state index contributed by atoms with van der Waals surface area (Å²) in [7, 11) is 0. The minimum absolute atomic E-state index is 0.145. The van der Waals surface area contributed by atoms with Gasteiger partial charge in [0.1, 0.15) is 0 Å². The van der Waals surface area contributed by atoms with Gasteiger partial charge in [-0.2, -0.15) is 0 Å². The van der Waals surface area contributed by atoms with Crippen molar-refractivity contribution in [2.24, 2.45) is 0 Å². The van der Waals surface area contributed by atoms with Gasteiger partial charge in [-0.05, 0) is 36.6 Å². The molecule has 1 saturated heterocycles. The van der Waals surface area contributed by atoms with Crippen LogP contribution >= 0.6 is 15.9 Å². The van der Waals surface area contributed by atoms with Crippen LogP contribution in [-0.2, 0) is 16.0 Å². The van der Waals surface area contributed by atoms with Crippen LogP contribution in [0.3, 0.4) is 0 Å². The van der Waals surface area contributed by atoms with Gasteiger partial charge in [0.05, 0.1) is 6.42 Å². The molecule has 0 radical (unpaired) electrons. The molecule has 0 spiro atoms. The minimum Gasteiger partial charge on any atom is -0.341 e. The molecule has 2 rings (SSSR count). The van der Waals surface area contributed by atoms with E-state index in [4.69, 9.17) is 0 Å². The lowest BCUT2D eigenvalue weighted by Gasteiger charge is -2.22. The SMILES string of the molecule is CCC(=O)N1CCCN(C(=O)Cc2cc(Br)ccc2C)CC1. The van der Waals surface area contributed by atoms with Crippen molar-refractivity contribution in [1.29, 1.82) is 0 Å². The van der Waals surface area contributed by atoms with Crippen molar-refractivity contribution in [3.63, 3.8) is 0 Å². The summed E-state index contributed by atoms with van der Waals surface area (Å²) >= 11 is 3.46. The van der Waals surface area contributed by atoms with E-state index in [-0.39, 0.29) is 11.8 Å². The zero-order valence-corrected chi connectivity index (χ0v) is 14.9. The van der Waals surface area contributed by atoms with Gasteiger partial charge in [-0.15, -0.1) is 0 Å². The molecule has 1 aromatic carbocycles. The predicted molar refractivity (Wildman–Crippen MR) is 90.7 cm³/mol. The molecule has 0 saturated carbocycles. The van der Waals surface area contributed by atoms with E-state index in [0.717, 1.165) is 35.1 Å². The fourth-order valence-corrected chi connectivity index (χ4v) is 3.15. The zero-order valence-electron chi connectivity index (χ0n) is 13.3. The number of rotatable bonds is 3. The summed E-state index contributed by atoms with van der Waals surface area (Å²) in [5, 5.41) is 0. The van der Waals surface area contributed by atoms with E-state index >= 15 is 0 Å². The molecule has 0 unspecified atom stereocenters. The van der Waals surface area contributed by atoms with Gasteiger partial charge in [-0.1, -0.05) is 28.9 Å². The highest BCUT2D eigenvalue weighted by Gasteiger charge is 2.21. The summed E-state index contributed by atoms with van der Waals surface area (Å²) in [4.78, 5) is 28.1. The molecule has 1 fully saturated rings. The number of carbonyl (C=O) groups excluding carboxylic acids is 2. The number of aryl methyl sites for hydroxylation is 1. The third-order valence-corrected chi connectivity index (χ3v) is 4.65. The van der Waals surface area contributed by atoms with Gasteiger partial charge in [-0.3, -0.25) is 9.59 Å². The first-order valence-electron chi connectivity index (χ1n) is 7.82. The fraction of sp³-hybridized carbons (Fsp3) is 0.529. The second-order valence-corrected chi connectivity index (χ2v) is 6.63. The molecule has 4 nitrogen and oxygen atoms in total. The number of nitrogens with zero attached hydrogens (tertiary/aromatic N) is 2. The molecule has 22 heavy (non-hydrogen) atoms. The van der Waals surface area contributed by atoms with Crippen molar-refractivity contribution in [3.8, 4) is 0 Å². The minimum atomic E-state index is 0.145. The van der Waals surface area contributed by atoms with Gasteiger partial charge in [-0.25, -0.2) is 0 Å². The summed E-state index contributed by atoms with van der Waals surface area (Å²) < 4.78 is 0.997. The van der Waals surface area contributed by atoms with Crippen LogP contribution in [0.5, 0.6) is 0 Å². The van der Waals surface area contributed by atoms with E-state index in [9.17, 15) is 9.59 Å². The number of hydrogen-bond acceptors (Lipinski definition) is 2. The van der Waals surface area contributed by atoms with E-state index in [1.807, 2.05) is 41.8 Å². The van der Waals surface area contributed by atoms with Crippen molar-refractivity contribution >= 4 is 27.7 Å². The van der Waals surface area contributed by atoms with Crippen molar-refractivity contribution in [2.75, 3.05) is 26.2 Å². The Labute approximate surface area is 140 Å². The molecule has 0 atom stereocenters. The zero-order chi connectivity index (χ0) is 16.1. The summed E-state index contributed by atoms with van der Waals surface area (Å²) in [5.41, 5.74) is 2.19. The molecule has 2 amide bonds. The predicted octanol–water partition coefficient (Wildman–Crippen LogP) is 2.77. The Morgan fingerprint density at radius 2 is 1.73 bits per heavy atom. The van der Waals surface area contributed by atoms with Crippen LogP contribution in [0, 0.1) is 6.92 Å². The lowest BCUT2D eigenvalue weighted by Crippen LogP contribution is -2.37. The standard InChI is InChI=1S/C17H23BrN2O2/c1-3-16(21)19-7-4-8-20(10-9-19)17(22)12-14-11-15(18)6-5-13(14)2/h5-6,11H,3-4,7-10,12H2,1-2H3. The number of halogens is 1. The first-order valence-corrected chi connectivity index (χ1v) is 8.61. The van der Waals surface area contributed by atoms with Gasteiger partial charge in [0.25, 0.3) is 0 Å². The van der Waals surface area contributed by atoms with Crippen LogP contribution in [-0.4, -0.2) is 47.8 Å². The Kier molecular flexibility index (Phi) is 6.00. The van der Waals surface area contributed by atoms with Crippen LogP contribution in [0.2, 0.25) is 0 Å². The second kappa shape index (κ2) is 7.77. The van der Waals surface area contributed by atoms with Crippen molar-refractivity contribution in [3.05, 3.63) is 33.8 Å². The van der Waals surface area contributed by atoms with Crippen molar-refractivity contribution in [1.82, 2.24) is 9.80 Å². The largest absolute Gasteiger partial charge is 0.341 e. The lowest BCUT2D eigenvalue weighted by molar-refractivity contribution is -0.133. The molecule has 0 N–H and O–H groups in total. The quantitative estimate of drug-likeness (QED) is 0.824. The fourth-order valence-electron chi connectivity index (χ4n) is 2.75. The molecule has 1 aliphatic heterocycles. The topological polar surface area (TPSA) is 40.6 Å². The van der Waals surface area contributed by atoms with E-state index in [1.165, 1.54) is 0 Å². The molecule has 120 valence electrons. The van der Waals surface area contributed by atoms with Crippen LogP contribution < -0.4 is 0 Å². The molecule has 1 heterocycles. The number of amides is 2. The van der Waals surface area contributed by atoms with Gasteiger partial charge in [0, 0.05) is 37.1 Å². The molecule has 1 aliphatic rings. The second-order valence-electron chi connectivity index (χ2n) is 5.72. The third kappa shape index (κ3) is 4.32. The Morgan fingerprint density at radius 1 is 1.09 bits per heavy atom. The molecule has 0 aromatic heterocycles. The Bertz CT molecular complexity index is 560. The maximum absolute atomic E-state index is 12.5. The average molecular weight is 367 g/mol. The first kappa shape index (κ1) is 17.0. The highest BCUT2D eigenvalue weighted by atomic mass is 79.9. The summed E-state index contributed by atoms with van der Waals surface area (Å²) in [6, 6.07) is 6.03. The van der Waals surface area contributed by atoms with Crippen molar-refractivity contribution < 1.29 is 9.59 Å².